The quantitative estimate of drug-likeness (QED) is 0.481. The van der Waals surface area contributed by atoms with E-state index in [9.17, 15) is 10.1 Å². The molecule has 20 heavy (non-hydrogen) atoms. The van der Waals surface area contributed by atoms with Gasteiger partial charge < -0.3 is 9.47 Å². The van der Waals surface area contributed by atoms with Crippen molar-refractivity contribution in [3.05, 3.63) is 57.4 Å². The van der Waals surface area contributed by atoms with Crippen molar-refractivity contribution < 1.29 is 14.4 Å². The van der Waals surface area contributed by atoms with E-state index in [2.05, 4.69) is 4.98 Å². The first-order valence-electron chi connectivity index (χ1n) is 5.66. The van der Waals surface area contributed by atoms with Crippen LogP contribution in [0.5, 0.6) is 11.5 Å². The third kappa shape index (κ3) is 3.36. The molecule has 0 fully saturated rings. The summed E-state index contributed by atoms with van der Waals surface area (Å²) < 4.78 is 10.6. The van der Waals surface area contributed by atoms with Crippen LogP contribution in [0.4, 0.5) is 5.69 Å². The summed E-state index contributed by atoms with van der Waals surface area (Å²) in [6, 6.07) is 7.62. The Morgan fingerprint density at radius 3 is 2.70 bits per heavy atom. The second-order valence-electron chi connectivity index (χ2n) is 3.87. The second kappa shape index (κ2) is 6.21. The smallest absolute Gasteiger partial charge is 0.273 e. The fraction of sp³-hybridized carbons (Fsp3) is 0.154. The molecule has 0 aliphatic rings. The van der Waals surface area contributed by atoms with Gasteiger partial charge in [-0.05, 0) is 12.1 Å². The third-order valence-corrected chi connectivity index (χ3v) is 2.76. The lowest BCUT2D eigenvalue weighted by Crippen LogP contribution is -1.99. The summed E-state index contributed by atoms with van der Waals surface area (Å²) >= 11 is 5.69. The van der Waals surface area contributed by atoms with Crippen LogP contribution < -0.4 is 9.47 Å². The SMILES string of the molecule is COc1cc([N+](=O)[O-])ccc1OCc1ccc(Cl)nc1. The van der Waals surface area contributed by atoms with Crippen LogP contribution in [-0.4, -0.2) is 17.0 Å². The van der Waals surface area contributed by atoms with Crippen LogP contribution in [0.3, 0.4) is 0 Å². The molecule has 1 aromatic heterocycles. The fourth-order valence-corrected chi connectivity index (χ4v) is 1.65. The van der Waals surface area contributed by atoms with E-state index in [1.54, 1.807) is 18.3 Å². The van der Waals surface area contributed by atoms with E-state index in [0.29, 0.717) is 16.7 Å². The van der Waals surface area contributed by atoms with Gasteiger partial charge in [0, 0.05) is 17.8 Å². The molecule has 0 aliphatic heterocycles. The van der Waals surface area contributed by atoms with Crippen molar-refractivity contribution in [1.29, 1.82) is 0 Å². The van der Waals surface area contributed by atoms with E-state index in [4.69, 9.17) is 21.1 Å². The minimum atomic E-state index is -0.491. The molecule has 7 heteroatoms. The molecule has 0 bridgehead atoms. The van der Waals surface area contributed by atoms with Gasteiger partial charge in [-0.3, -0.25) is 10.1 Å². The summed E-state index contributed by atoms with van der Waals surface area (Å²) in [4.78, 5) is 14.1. The number of pyridine rings is 1. The molecule has 0 atom stereocenters. The molecule has 0 saturated heterocycles. The Hall–Kier alpha value is -2.34. The molecule has 0 N–H and O–H groups in total. The van der Waals surface area contributed by atoms with E-state index in [1.165, 1.54) is 25.3 Å². The second-order valence-corrected chi connectivity index (χ2v) is 4.26. The van der Waals surface area contributed by atoms with Gasteiger partial charge in [0.15, 0.2) is 11.5 Å². The van der Waals surface area contributed by atoms with Crippen molar-refractivity contribution in [2.75, 3.05) is 7.11 Å². The van der Waals surface area contributed by atoms with Crippen molar-refractivity contribution in [1.82, 2.24) is 4.98 Å². The predicted octanol–water partition coefficient (Wildman–Crippen LogP) is 3.23. The Morgan fingerprint density at radius 2 is 2.10 bits per heavy atom. The number of ether oxygens (including phenoxy) is 2. The van der Waals surface area contributed by atoms with Crippen molar-refractivity contribution in [3.63, 3.8) is 0 Å². The minimum absolute atomic E-state index is 0.0534. The number of benzene rings is 1. The van der Waals surface area contributed by atoms with Gasteiger partial charge in [-0.2, -0.15) is 0 Å². The van der Waals surface area contributed by atoms with Gasteiger partial charge in [-0.1, -0.05) is 17.7 Å². The molecule has 2 rings (SSSR count). The Kier molecular flexibility index (Phi) is 4.37. The van der Waals surface area contributed by atoms with Gasteiger partial charge in [0.1, 0.15) is 11.8 Å². The molecule has 0 spiro atoms. The summed E-state index contributed by atoms with van der Waals surface area (Å²) in [5.74, 6) is 0.731. The van der Waals surface area contributed by atoms with E-state index in [0.717, 1.165) is 5.56 Å². The number of halogens is 1. The topological polar surface area (TPSA) is 74.5 Å². The molecular weight excluding hydrogens is 284 g/mol. The monoisotopic (exact) mass is 294 g/mol. The number of methoxy groups -OCH3 is 1. The summed E-state index contributed by atoms with van der Waals surface area (Å²) in [6.45, 7) is 0.262. The number of hydrogen-bond donors (Lipinski definition) is 0. The lowest BCUT2D eigenvalue weighted by molar-refractivity contribution is -0.385. The fourth-order valence-electron chi connectivity index (χ4n) is 1.54. The molecule has 2 aromatic rings. The number of hydrogen-bond acceptors (Lipinski definition) is 5. The van der Waals surface area contributed by atoms with Crippen LogP contribution in [0.15, 0.2) is 36.5 Å². The molecule has 0 amide bonds. The maximum atomic E-state index is 10.7. The highest BCUT2D eigenvalue weighted by Gasteiger charge is 2.12. The summed E-state index contributed by atoms with van der Waals surface area (Å²) in [5, 5.41) is 11.1. The van der Waals surface area contributed by atoms with Gasteiger partial charge in [0.25, 0.3) is 5.69 Å². The number of non-ortho nitro benzene ring substituents is 1. The number of nitrogens with zero attached hydrogens (tertiary/aromatic N) is 2. The minimum Gasteiger partial charge on any atom is -0.493 e. The van der Waals surface area contributed by atoms with Crippen molar-refractivity contribution in [3.8, 4) is 11.5 Å². The van der Waals surface area contributed by atoms with Gasteiger partial charge in [-0.15, -0.1) is 0 Å². The van der Waals surface area contributed by atoms with E-state index >= 15 is 0 Å². The standard InChI is InChI=1S/C13H11ClN2O4/c1-19-12-6-10(16(17)18)3-4-11(12)20-8-9-2-5-13(14)15-7-9/h2-7H,8H2,1H3. The van der Waals surface area contributed by atoms with Gasteiger partial charge >= 0.3 is 0 Å². The molecule has 0 saturated carbocycles. The summed E-state index contributed by atoms with van der Waals surface area (Å²) in [7, 11) is 1.43. The van der Waals surface area contributed by atoms with E-state index in [1.807, 2.05) is 0 Å². The highest BCUT2D eigenvalue weighted by molar-refractivity contribution is 6.29. The maximum Gasteiger partial charge on any atom is 0.273 e. The number of rotatable bonds is 5. The Morgan fingerprint density at radius 1 is 1.30 bits per heavy atom. The molecule has 0 radical (unpaired) electrons. The molecular formula is C13H11ClN2O4. The van der Waals surface area contributed by atoms with Gasteiger partial charge in [-0.25, -0.2) is 4.98 Å². The first-order valence-corrected chi connectivity index (χ1v) is 6.03. The van der Waals surface area contributed by atoms with Gasteiger partial charge in [0.05, 0.1) is 18.1 Å². The zero-order valence-electron chi connectivity index (χ0n) is 10.6. The molecule has 1 heterocycles. The van der Waals surface area contributed by atoms with Crippen LogP contribution in [0.25, 0.3) is 0 Å². The number of nitro groups is 1. The Balaban J connectivity index is 2.12. The lowest BCUT2D eigenvalue weighted by atomic mass is 10.2. The molecule has 6 nitrogen and oxygen atoms in total. The molecule has 1 aromatic carbocycles. The Labute approximate surface area is 120 Å². The van der Waals surface area contributed by atoms with Crippen molar-refractivity contribution >= 4 is 17.3 Å². The third-order valence-electron chi connectivity index (χ3n) is 2.54. The van der Waals surface area contributed by atoms with Crippen LogP contribution >= 0.6 is 11.6 Å². The maximum absolute atomic E-state index is 10.7. The van der Waals surface area contributed by atoms with Crippen molar-refractivity contribution in [2.45, 2.75) is 6.61 Å². The number of aromatic nitrogens is 1. The molecule has 0 aliphatic carbocycles. The van der Waals surface area contributed by atoms with E-state index in [-0.39, 0.29) is 12.3 Å². The average molecular weight is 295 g/mol. The van der Waals surface area contributed by atoms with Crippen LogP contribution in [0.2, 0.25) is 5.15 Å². The largest absolute Gasteiger partial charge is 0.493 e. The molecule has 0 unspecified atom stereocenters. The highest BCUT2D eigenvalue weighted by Crippen LogP contribution is 2.31. The first kappa shape index (κ1) is 14.1. The lowest BCUT2D eigenvalue weighted by Gasteiger charge is -2.10. The van der Waals surface area contributed by atoms with E-state index < -0.39 is 4.92 Å². The van der Waals surface area contributed by atoms with Crippen molar-refractivity contribution in [2.24, 2.45) is 0 Å². The normalized spacial score (nSPS) is 10.1. The zero-order valence-corrected chi connectivity index (χ0v) is 11.3. The molecule has 104 valence electrons. The first-order chi connectivity index (χ1) is 9.60. The van der Waals surface area contributed by atoms with Crippen LogP contribution in [0.1, 0.15) is 5.56 Å². The number of nitro benzene ring substituents is 1. The summed E-state index contributed by atoms with van der Waals surface area (Å²) in [6.07, 6.45) is 1.60. The predicted molar refractivity (Wildman–Crippen MR) is 73.2 cm³/mol. The Bertz CT molecular complexity index is 616. The highest BCUT2D eigenvalue weighted by atomic mass is 35.5. The average Bonchev–Trinajstić information content (AvgIpc) is 2.46. The zero-order chi connectivity index (χ0) is 14.5. The van der Waals surface area contributed by atoms with Crippen LogP contribution in [-0.2, 0) is 6.61 Å². The summed E-state index contributed by atoms with van der Waals surface area (Å²) in [5.41, 5.74) is 0.775. The van der Waals surface area contributed by atoms with Crippen LogP contribution in [0, 0.1) is 10.1 Å². The van der Waals surface area contributed by atoms with Gasteiger partial charge in [0.2, 0.25) is 0 Å².